The van der Waals surface area contributed by atoms with E-state index >= 15 is 0 Å². The van der Waals surface area contributed by atoms with Crippen molar-refractivity contribution >= 4 is 28.1 Å². The number of carbonyl (C=O) groups excluding carboxylic acids is 1. The van der Waals surface area contributed by atoms with E-state index in [0.717, 1.165) is 45.7 Å². The number of H-pyrrole nitrogens is 1. The molecule has 0 radical (unpaired) electrons. The van der Waals surface area contributed by atoms with Crippen LogP contribution >= 0.6 is 0 Å². The monoisotopic (exact) mass is 361 g/mol. The first-order valence-corrected chi connectivity index (χ1v) is 8.94. The lowest BCUT2D eigenvalue weighted by Crippen LogP contribution is -2.16. The number of nitrogens with one attached hydrogen (secondary N) is 2. The van der Waals surface area contributed by atoms with Gasteiger partial charge in [0.15, 0.2) is 0 Å². The highest BCUT2D eigenvalue weighted by Crippen LogP contribution is 2.22. The molecule has 0 unspecified atom stereocenters. The van der Waals surface area contributed by atoms with Gasteiger partial charge in [0.2, 0.25) is 0 Å². The first kappa shape index (κ1) is 17.3. The number of rotatable bonds is 4. The van der Waals surface area contributed by atoms with Crippen molar-refractivity contribution in [3.63, 3.8) is 0 Å². The number of imidazole rings is 1. The molecule has 0 fully saturated rings. The van der Waals surface area contributed by atoms with Gasteiger partial charge >= 0.3 is 0 Å². The first-order valence-electron chi connectivity index (χ1n) is 8.94. The van der Waals surface area contributed by atoms with Crippen molar-refractivity contribution in [3.05, 3.63) is 65.2 Å². The summed E-state index contributed by atoms with van der Waals surface area (Å²) in [5.41, 5.74) is 6.38. The minimum absolute atomic E-state index is 0.151. The molecule has 1 amide bonds. The van der Waals surface area contributed by atoms with E-state index in [1.165, 1.54) is 0 Å². The number of benzene rings is 1. The molecule has 138 valence electrons. The third-order valence-corrected chi connectivity index (χ3v) is 4.82. The minimum atomic E-state index is -0.151. The molecule has 6 heteroatoms. The largest absolute Gasteiger partial charge is 0.350 e. The van der Waals surface area contributed by atoms with Crippen LogP contribution in [0.4, 0.5) is 5.69 Å². The summed E-state index contributed by atoms with van der Waals surface area (Å²) in [4.78, 5) is 22.6. The molecule has 27 heavy (non-hydrogen) atoms. The van der Waals surface area contributed by atoms with Gasteiger partial charge in [-0.1, -0.05) is 18.2 Å². The minimum Gasteiger partial charge on any atom is -0.350 e. The molecule has 2 N–H and O–H groups in total. The van der Waals surface area contributed by atoms with Crippen LogP contribution in [0.1, 0.15) is 27.4 Å². The lowest BCUT2D eigenvalue weighted by atomic mass is 10.2. The third kappa shape index (κ3) is 3.08. The maximum absolute atomic E-state index is 12.8. The van der Waals surface area contributed by atoms with Crippen molar-refractivity contribution < 1.29 is 4.79 Å². The van der Waals surface area contributed by atoms with E-state index in [1.54, 1.807) is 0 Å². The Morgan fingerprint density at radius 2 is 2.04 bits per heavy atom. The molecule has 0 saturated carbocycles. The highest BCUT2D eigenvalue weighted by Gasteiger charge is 2.14. The van der Waals surface area contributed by atoms with Crippen LogP contribution in [-0.2, 0) is 6.54 Å². The van der Waals surface area contributed by atoms with Crippen molar-refractivity contribution in [3.8, 4) is 0 Å². The topological polar surface area (TPSA) is 65.4 Å². The van der Waals surface area contributed by atoms with Crippen LogP contribution in [-0.4, -0.2) is 39.3 Å². The summed E-state index contributed by atoms with van der Waals surface area (Å²) in [5.74, 6) is -0.151. The number of nitrogens with zero attached hydrogens (tertiary/aromatic N) is 3. The van der Waals surface area contributed by atoms with E-state index in [-0.39, 0.29) is 5.91 Å². The van der Waals surface area contributed by atoms with E-state index < -0.39 is 0 Å². The maximum Gasteiger partial charge on any atom is 0.272 e. The van der Waals surface area contributed by atoms with Gasteiger partial charge in [0.25, 0.3) is 5.91 Å². The molecule has 0 bridgehead atoms. The van der Waals surface area contributed by atoms with Crippen LogP contribution in [0.2, 0.25) is 0 Å². The quantitative estimate of drug-likeness (QED) is 0.582. The van der Waals surface area contributed by atoms with Gasteiger partial charge < -0.3 is 15.2 Å². The number of pyridine rings is 1. The standard InChI is InChI=1S/C21H23N5O/c1-13-6-5-7-15-10-18(23-20(13)15)21(27)24-17-8-9-19-22-11-16(12-25(3)4)26(19)14(17)2/h5-11,23H,12H2,1-4H3,(H,24,27). The second-order valence-electron chi connectivity index (χ2n) is 7.19. The molecule has 4 aromatic rings. The van der Waals surface area contributed by atoms with Crippen molar-refractivity contribution in [1.29, 1.82) is 0 Å². The molecule has 4 rings (SSSR count). The third-order valence-electron chi connectivity index (χ3n) is 4.82. The van der Waals surface area contributed by atoms with E-state index in [1.807, 2.05) is 70.5 Å². The normalized spacial score (nSPS) is 11.6. The Kier molecular flexibility index (Phi) is 4.20. The molecule has 0 atom stereocenters. The number of hydrogen-bond donors (Lipinski definition) is 2. The number of aromatic amines is 1. The predicted molar refractivity (Wildman–Crippen MR) is 108 cm³/mol. The van der Waals surface area contributed by atoms with Crippen molar-refractivity contribution in [1.82, 2.24) is 19.3 Å². The molecule has 0 spiro atoms. The summed E-state index contributed by atoms with van der Waals surface area (Å²) >= 11 is 0. The Bertz CT molecular complexity index is 1150. The van der Waals surface area contributed by atoms with Gasteiger partial charge in [-0.2, -0.15) is 0 Å². The molecule has 3 aromatic heterocycles. The zero-order chi connectivity index (χ0) is 19.1. The van der Waals surface area contributed by atoms with E-state index in [9.17, 15) is 4.79 Å². The zero-order valence-corrected chi connectivity index (χ0v) is 16.0. The molecule has 6 nitrogen and oxygen atoms in total. The second kappa shape index (κ2) is 6.55. The number of anilines is 1. The Hall–Kier alpha value is -3.12. The number of amides is 1. The van der Waals surface area contributed by atoms with Gasteiger partial charge in [-0.05, 0) is 51.7 Å². The van der Waals surface area contributed by atoms with Gasteiger partial charge in [-0.3, -0.25) is 9.20 Å². The van der Waals surface area contributed by atoms with Gasteiger partial charge in [0, 0.05) is 23.1 Å². The van der Waals surface area contributed by atoms with Crippen molar-refractivity contribution in [2.75, 3.05) is 19.4 Å². The number of fused-ring (bicyclic) bond motifs is 2. The SMILES string of the molecule is Cc1cccc2cc(C(=O)Nc3ccc4ncc(CN(C)C)n4c3C)[nH]c12. The Balaban J connectivity index is 1.68. The smallest absolute Gasteiger partial charge is 0.272 e. The Morgan fingerprint density at radius 3 is 2.78 bits per heavy atom. The fraction of sp³-hybridized carbons (Fsp3) is 0.238. The molecular weight excluding hydrogens is 338 g/mol. The van der Waals surface area contributed by atoms with Gasteiger partial charge in [-0.15, -0.1) is 0 Å². The summed E-state index contributed by atoms with van der Waals surface area (Å²) in [7, 11) is 4.05. The summed E-state index contributed by atoms with van der Waals surface area (Å²) in [5, 5.41) is 4.07. The average Bonchev–Trinajstić information content (AvgIpc) is 3.22. The second-order valence-corrected chi connectivity index (χ2v) is 7.19. The Morgan fingerprint density at radius 1 is 1.22 bits per heavy atom. The number of aryl methyl sites for hydroxylation is 2. The lowest BCUT2D eigenvalue weighted by Gasteiger charge is -2.14. The lowest BCUT2D eigenvalue weighted by molar-refractivity contribution is 0.102. The zero-order valence-electron chi connectivity index (χ0n) is 16.0. The summed E-state index contributed by atoms with van der Waals surface area (Å²) < 4.78 is 2.09. The van der Waals surface area contributed by atoms with Crippen LogP contribution < -0.4 is 5.32 Å². The average molecular weight is 361 g/mol. The molecule has 0 aliphatic carbocycles. The molecule has 0 aliphatic rings. The van der Waals surface area contributed by atoms with Crippen molar-refractivity contribution in [2.24, 2.45) is 0 Å². The van der Waals surface area contributed by atoms with Crippen LogP contribution in [0.15, 0.2) is 42.6 Å². The molecule has 0 saturated heterocycles. The summed E-state index contributed by atoms with van der Waals surface area (Å²) in [6.07, 6.45) is 1.88. The fourth-order valence-corrected chi connectivity index (χ4v) is 3.49. The van der Waals surface area contributed by atoms with E-state index in [0.29, 0.717) is 5.69 Å². The van der Waals surface area contributed by atoms with Gasteiger partial charge in [0.1, 0.15) is 11.3 Å². The molecule has 0 aliphatic heterocycles. The highest BCUT2D eigenvalue weighted by molar-refractivity contribution is 6.06. The van der Waals surface area contributed by atoms with Crippen LogP contribution in [0.5, 0.6) is 0 Å². The number of aromatic nitrogens is 3. The summed E-state index contributed by atoms with van der Waals surface area (Å²) in [6, 6.07) is 11.8. The fourth-order valence-electron chi connectivity index (χ4n) is 3.49. The summed E-state index contributed by atoms with van der Waals surface area (Å²) in [6.45, 7) is 4.81. The van der Waals surface area contributed by atoms with Crippen molar-refractivity contribution in [2.45, 2.75) is 20.4 Å². The maximum atomic E-state index is 12.8. The van der Waals surface area contributed by atoms with E-state index in [2.05, 4.69) is 24.6 Å². The van der Waals surface area contributed by atoms with Crippen LogP contribution in [0, 0.1) is 13.8 Å². The molecular formula is C21H23N5O. The van der Waals surface area contributed by atoms with Crippen LogP contribution in [0.3, 0.4) is 0 Å². The highest BCUT2D eigenvalue weighted by atomic mass is 16.1. The number of carbonyl (C=O) groups is 1. The first-order chi connectivity index (χ1) is 12.9. The number of hydrogen-bond acceptors (Lipinski definition) is 3. The van der Waals surface area contributed by atoms with Gasteiger partial charge in [-0.25, -0.2) is 4.98 Å². The van der Waals surface area contributed by atoms with E-state index in [4.69, 9.17) is 0 Å². The van der Waals surface area contributed by atoms with Crippen LogP contribution in [0.25, 0.3) is 16.6 Å². The van der Waals surface area contributed by atoms with Gasteiger partial charge in [0.05, 0.1) is 17.6 Å². The molecule has 3 heterocycles. The molecule has 1 aromatic carbocycles. The predicted octanol–water partition coefficient (Wildman–Crippen LogP) is 3.75. The Labute approximate surface area is 157 Å². The number of para-hydroxylation sites is 1.